The Morgan fingerprint density at radius 1 is 0.893 bits per heavy atom. The second kappa shape index (κ2) is 6.96. The second-order valence-corrected chi connectivity index (χ2v) is 6.22. The lowest BCUT2D eigenvalue weighted by Crippen LogP contribution is -2.34. The van der Waals surface area contributed by atoms with Gasteiger partial charge in [-0.15, -0.1) is 0 Å². The summed E-state index contributed by atoms with van der Waals surface area (Å²) < 4.78 is 0.841. The van der Waals surface area contributed by atoms with Gasteiger partial charge in [-0.1, -0.05) is 54.6 Å². The van der Waals surface area contributed by atoms with Gasteiger partial charge in [-0.05, 0) is 17.5 Å². The molecule has 7 heteroatoms. The van der Waals surface area contributed by atoms with Crippen molar-refractivity contribution in [1.82, 2.24) is 9.78 Å². The highest BCUT2D eigenvalue weighted by Crippen LogP contribution is 2.22. The average Bonchev–Trinajstić information content (AvgIpc) is 2.70. The lowest BCUT2D eigenvalue weighted by molar-refractivity contribution is -0.255. The van der Waals surface area contributed by atoms with E-state index in [2.05, 4.69) is 10.4 Å². The first kappa shape index (κ1) is 17.4. The van der Waals surface area contributed by atoms with Crippen LogP contribution in [-0.4, -0.2) is 21.7 Å². The van der Waals surface area contributed by atoms with Gasteiger partial charge >= 0.3 is 0 Å². The number of carbonyl (C=O) groups excluding carboxylic acids is 2. The van der Waals surface area contributed by atoms with Crippen LogP contribution in [0.3, 0.4) is 0 Å². The molecule has 138 valence electrons. The highest BCUT2D eigenvalue weighted by Gasteiger charge is 2.14. The number of aromatic nitrogens is 2. The van der Waals surface area contributed by atoms with Gasteiger partial charge in [0.2, 0.25) is 5.91 Å². The van der Waals surface area contributed by atoms with Crippen molar-refractivity contribution in [2.75, 3.05) is 5.32 Å². The molecule has 0 aliphatic heterocycles. The molecule has 0 fully saturated rings. The maximum atomic E-state index is 12.6. The molecule has 4 aromatic rings. The molecule has 0 bridgehead atoms. The van der Waals surface area contributed by atoms with Crippen molar-refractivity contribution in [2.45, 2.75) is 6.54 Å². The standard InChI is InChI=1S/C21H15N3O4/c25-18(22-17-11-5-7-13-6-1-2-8-14(13)17)12-24-20(26)16-10-4-3-9-15(16)19(23-24)21(27)28/h1-11H,12H2,(H,22,25)(H,27,28)/p-1. The number of aromatic carboxylic acids is 1. The number of hydrogen-bond donors (Lipinski definition) is 1. The van der Waals surface area contributed by atoms with Crippen molar-refractivity contribution < 1.29 is 14.7 Å². The summed E-state index contributed by atoms with van der Waals surface area (Å²) in [7, 11) is 0. The third-order valence-corrected chi connectivity index (χ3v) is 4.42. The number of nitrogens with one attached hydrogen (secondary N) is 1. The minimum absolute atomic E-state index is 0.162. The molecule has 0 atom stereocenters. The summed E-state index contributed by atoms with van der Waals surface area (Å²) in [6, 6.07) is 19.2. The molecule has 1 heterocycles. The topological polar surface area (TPSA) is 104 Å². The van der Waals surface area contributed by atoms with Crippen molar-refractivity contribution in [3.05, 3.63) is 82.8 Å². The van der Waals surface area contributed by atoms with Crippen molar-refractivity contribution in [3.8, 4) is 0 Å². The molecule has 4 rings (SSSR count). The molecule has 1 amide bonds. The van der Waals surface area contributed by atoms with Gasteiger partial charge in [0.15, 0.2) is 0 Å². The second-order valence-electron chi connectivity index (χ2n) is 6.22. The number of benzene rings is 3. The molecule has 0 aliphatic rings. The fraction of sp³-hybridized carbons (Fsp3) is 0.0476. The van der Waals surface area contributed by atoms with Crippen LogP contribution in [0, 0.1) is 0 Å². The minimum Gasteiger partial charge on any atom is -0.543 e. The first-order valence-corrected chi connectivity index (χ1v) is 8.53. The minimum atomic E-state index is -1.51. The van der Waals surface area contributed by atoms with Gasteiger partial charge in [-0.3, -0.25) is 9.59 Å². The third kappa shape index (κ3) is 3.09. The summed E-state index contributed by atoms with van der Waals surface area (Å²) in [5, 5.41) is 20.1. The maximum absolute atomic E-state index is 12.6. The Morgan fingerprint density at radius 2 is 1.54 bits per heavy atom. The van der Waals surface area contributed by atoms with E-state index >= 15 is 0 Å². The Morgan fingerprint density at radius 3 is 2.29 bits per heavy atom. The molecular formula is C21H14N3O4-. The van der Waals surface area contributed by atoms with Gasteiger partial charge < -0.3 is 15.2 Å². The van der Waals surface area contributed by atoms with Crippen molar-refractivity contribution in [3.63, 3.8) is 0 Å². The molecule has 3 aromatic carbocycles. The number of fused-ring (bicyclic) bond motifs is 2. The summed E-state index contributed by atoms with van der Waals surface area (Å²) in [6.45, 7) is -0.423. The molecule has 0 unspecified atom stereocenters. The van der Waals surface area contributed by atoms with Crippen LogP contribution in [-0.2, 0) is 11.3 Å². The van der Waals surface area contributed by atoms with Crippen LogP contribution in [0.5, 0.6) is 0 Å². The first-order valence-electron chi connectivity index (χ1n) is 8.53. The van der Waals surface area contributed by atoms with E-state index in [9.17, 15) is 19.5 Å². The van der Waals surface area contributed by atoms with E-state index in [-0.39, 0.29) is 16.5 Å². The lowest BCUT2D eigenvalue weighted by Gasteiger charge is -2.12. The summed E-state index contributed by atoms with van der Waals surface area (Å²) >= 11 is 0. The Labute approximate surface area is 158 Å². The Balaban J connectivity index is 1.70. The van der Waals surface area contributed by atoms with E-state index in [1.165, 1.54) is 12.1 Å². The van der Waals surface area contributed by atoms with Crippen LogP contribution in [0.15, 0.2) is 71.5 Å². The van der Waals surface area contributed by atoms with Gasteiger partial charge in [0.05, 0.1) is 11.4 Å². The van der Waals surface area contributed by atoms with Crippen molar-refractivity contribution in [1.29, 1.82) is 0 Å². The number of carboxylic acid groups (broad SMARTS) is 1. The first-order chi connectivity index (χ1) is 13.5. The number of amides is 1. The van der Waals surface area contributed by atoms with Crippen molar-refractivity contribution >= 4 is 39.1 Å². The maximum Gasteiger partial charge on any atom is 0.275 e. The summed E-state index contributed by atoms with van der Waals surface area (Å²) in [5.41, 5.74) is -0.334. The van der Waals surface area contributed by atoms with E-state index in [1.54, 1.807) is 18.2 Å². The molecule has 0 aliphatic carbocycles. The number of carboxylic acids is 1. The average molecular weight is 372 g/mol. The van der Waals surface area contributed by atoms with E-state index in [1.807, 2.05) is 36.4 Å². The van der Waals surface area contributed by atoms with E-state index in [0.29, 0.717) is 5.69 Å². The van der Waals surface area contributed by atoms with Gasteiger partial charge in [0, 0.05) is 16.5 Å². The van der Waals surface area contributed by atoms with Gasteiger partial charge in [-0.2, -0.15) is 5.10 Å². The molecule has 0 saturated heterocycles. The smallest absolute Gasteiger partial charge is 0.275 e. The molecular weight excluding hydrogens is 358 g/mol. The molecule has 1 aromatic heterocycles. The third-order valence-electron chi connectivity index (χ3n) is 4.42. The predicted octanol–water partition coefficient (Wildman–Crippen LogP) is 1.55. The van der Waals surface area contributed by atoms with Crippen molar-refractivity contribution in [2.24, 2.45) is 0 Å². The lowest BCUT2D eigenvalue weighted by atomic mass is 10.1. The highest BCUT2D eigenvalue weighted by atomic mass is 16.4. The zero-order valence-electron chi connectivity index (χ0n) is 14.6. The fourth-order valence-corrected chi connectivity index (χ4v) is 3.15. The van der Waals surface area contributed by atoms with Crippen LogP contribution in [0.1, 0.15) is 10.5 Å². The van der Waals surface area contributed by atoms with Crippen LogP contribution in [0.25, 0.3) is 21.5 Å². The number of hydrogen-bond acceptors (Lipinski definition) is 5. The number of carbonyl (C=O) groups is 2. The number of anilines is 1. The normalized spacial score (nSPS) is 10.9. The zero-order valence-corrected chi connectivity index (χ0v) is 14.6. The van der Waals surface area contributed by atoms with Crippen LogP contribution >= 0.6 is 0 Å². The zero-order chi connectivity index (χ0) is 19.7. The molecule has 0 spiro atoms. The Kier molecular flexibility index (Phi) is 4.33. The summed E-state index contributed by atoms with van der Waals surface area (Å²) in [5.74, 6) is -2.01. The molecule has 28 heavy (non-hydrogen) atoms. The van der Waals surface area contributed by atoms with Crippen LogP contribution in [0.2, 0.25) is 0 Å². The Bertz CT molecular complexity index is 1290. The summed E-state index contributed by atoms with van der Waals surface area (Å²) in [4.78, 5) is 36.5. The molecule has 7 nitrogen and oxygen atoms in total. The van der Waals surface area contributed by atoms with E-state index in [0.717, 1.165) is 15.5 Å². The molecule has 0 saturated carbocycles. The van der Waals surface area contributed by atoms with Gasteiger partial charge in [-0.25, -0.2) is 4.68 Å². The predicted molar refractivity (Wildman–Crippen MR) is 103 cm³/mol. The molecule has 1 N–H and O–H groups in total. The largest absolute Gasteiger partial charge is 0.543 e. The monoisotopic (exact) mass is 372 g/mol. The number of rotatable bonds is 4. The highest BCUT2D eigenvalue weighted by molar-refractivity contribution is 6.02. The van der Waals surface area contributed by atoms with Gasteiger partial charge in [0.1, 0.15) is 12.2 Å². The Hall–Kier alpha value is -4.00. The SMILES string of the molecule is O=C(Cn1nc(C(=O)[O-])c2ccccc2c1=O)Nc1cccc2ccccc12. The quantitative estimate of drug-likeness (QED) is 0.585. The van der Waals surface area contributed by atoms with Crippen LogP contribution in [0.4, 0.5) is 5.69 Å². The van der Waals surface area contributed by atoms with Gasteiger partial charge in [0.25, 0.3) is 5.56 Å². The number of nitrogens with zero attached hydrogens (tertiary/aromatic N) is 2. The van der Waals surface area contributed by atoms with Crippen LogP contribution < -0.4 is 16.0 Å². The van der Waals surface area contributed by atoms with E-state index in [4.69, 9.17) is 0 Å². The fourth-order valence-electron chi connectivity index (χ4n) is 3.15. The molecule has 0 radical (unpaired) electrons. The van der Waals surface area contributed by atoms with E-state index < -0.39 is 24.0 Å². The summed E-state index contributed by atoms with van der Waals surface area (Å²) in [6.07, 6.45) is 0.